The highest BCUT2D eigenvalue weighted by Crippen LogP contribution is 2.09. The van der Waals surface area contributed by atoms with Crippen molar-refractivity contribution in [3.63, 3.8) is 0 Å². The van der Waals surface area contributed by atoms with E-state index >= 15 is 0 Å². The molecule has 0 saturated heterocycles. The molecule has 0 aromatic carbocycles. The van der Waals surface area contributed by atoms with E-state index < -0.39 is 47.9 Å². The molecule has 0 heterocycles. The molecule has 5 unspecified atom stereocenters. The van der Waals surface area contributed by atoms with E-state index in [0.717, 1.165) is 0 Å². The number of amides is 3. The maximum atomic E-state index is 12.4. The number of carboxylic acids is 1. The molecule has 0 saturated carbocycles. The third-order valence-corrected chi connectivity index (χ3v) is 4.30. The molecule has 5 atom stereocenters. The van der Waals surface area contributed by atoms with Crippen molar-refractivity contribution in [2.75, 3.05) is 6.54 Å². The first-order valence-electron chi connectivity index (χ1n) is 8.96. The number of nitrogens with two attached hydrogens (primary N) is 1. The highest BCUT2D eigenvalue weighted by molar-refractivity contribution is 5.92. The Morgan fingerprint density at radius 3 is 1.93 bits per heavy atom. The Hall–Kier alpha value is -2.20. The third-order valence-electron chi connectivity index (χ3n) is 4.30. The maximum Gasteiger partial charge on any atom is 0.328 e. The Bertz CT molecular complexity index is 538. The minimum Gasteiger partial charge on any atom is -0.480 e. The molecule has 10 nitrogen and oxygen atoms in total. The fourth-order valence-corrected chi connectivity index (χ4v) is 2.15. The Labute approximate surface area is 159 Å². The normalized spacial score (nSPS) is 16.6. The lowest BCUT2D eigenvalue weighted by Gasteiger charge is -2.26. The van der Waals surface area contributed by atoms with Crippen LogP contribution in [0.15, 0.2) is 0 Å². The molecule has 7 N–H and O–H groups in total. The van der Waals surface area contributed by atoms with Crippen LogP contribution in [-0.2, 0) is 19.2 Å². The summed E-state index contributed by atoms with van der Waals surface area (Å²) in [5.41, 5.74) is 5.69. The zero-order valence-electron chi connectivity index (χ0n) is 16.5. The Morgan fingerprint density at radius 1 is 0.963 bits per heavy atom. The zero-order valence-corrected chi connectivity index (χ0v) is 16.5. The second kappa shape index (κ2) is 11.5. The molecule has 27 heavy (non-hydrogen) atoms. The summed E-state index contributed by atoms with van der Waals surface area (Å²) >= 11 is 0. The van der Waals surface area contributed by atoms with Gasteiger partial charge in [-0.05, 0) is 18.8 Å². The van der Waals surface area contributed by atoms with Gasteiger partial charge in [-0.25, -0.2) is 4.79 Å². The van der Waals surface area contributed by atoms with Crippen molar-refractivity contribution < 1.29 is 29.4 Å². The number of carbonyl (C=O) groups is 4. The maximum absolute atomic E-state index is 12.4. The lowest BCUT2D eigenvalue weighted by atomic mass is 9.97. The average Bonchev–Trinajstić information content (AvgIpc) is 2.59. The molecule has 0 aliphatic carbocycles. The van der Waals surface area contributed by atoms with Crippen LogP contribution in [0.5, 0.6) is 0 Å². The Balaban J connectivity index is 4.96. The molecule has 0 aliphatic heterocycles. The number of rotatable bonds is 11. The first-order chi connectivity index (χ1) is 12.4. The van der Waals surface area contributed by atoms with Crippen molar-refractivity contribution in [3.05, 3.63) is 0 Å². The van der Waals surface area contributed by atoms with Gasteiger partial charge in [-0.3, -0.25) is 14.4 Å². The summed E-state index contributed by atoms with van der Waals surface area (Å²) in [5, 5.41) is 25.7. The van der Waals surface area contributed by atoms with Crippen LogP contribution in [-0.4, -0.2) is 64.7 Å². The Kier molecular flexibility index (Phi) is 10.6. The molecule has 3 amide bonds. The number of aliphatic hydroxyl groups excluding tert-OH is 1. The monoisotopic (exact) mass is 388 g/mol. The van der Waals surface area contributed by atoms with Crippen molar-refractivity contribution in [2.45, 2.75) is 65.3 Å². The van der Waals surface area contributed by atoms with Gasteiger partial charge in [-0.1, -0.05) is 34.1 Å². The summed E-state index contributed by atoms with van der Waals surface area (Å²) in [6, 6.07) is -3.27. The van der Waals surface area contributed by atoms with E-state index in [0.29, 0.717) is 6.42 Å². The van der Waals surface area contributed by atoms with Crippen LogP contribution in [0.25, 0.3) is 0 Å². The van der Waals surface area contributed by atoms with Gasteiger partial charge in [0.2, 0.25) is 17.7 Å². The molecule has 0 radical (unpaired) electrons. The molecular formula is C17H32N4O6. The van der Waals surface area contributed by atoms with Crippen LogP contribution >= 0.6 is 0 Å². The van der Waals surface area contributed by atoms with Crippen LogP contribution in [0.3, 0.4) is 0 Å². The molecule has 156 valence electrons. The van der Waals surface area contributed by atoms with Crippen molar-refractivity contribution in [3.8, 4) is 0 Å². The van der Waals surface area contributed by atoms with Gasteiger partial charge in [-0.15, -0.1) is 0 Å². The van der Waals surface area contributed by atoms with E-state index in [1.165, 1.54) is 6.92 Å². The highest BCUT2D eigenvalue weighted by Gasteiger charge is 2.31. The summed E-state index contributed by atoms with van der Waals surface area (Å²) in [4.78, 5) is 47.5. The van der Waals surface area contributed by atoms with Gasteiger partial charge >= 0.3 is 5.97 Å². The fourth-order valence-electron chi connectivity index (χ4n) is 2.15. The molecular weight excluding hydrogens is 356 g/mol. The summed E-state index contributed by atoms with van der Waals surface area (Å²) in [6.45, 7) is 7.95. The first-order valence-corrected chi connectivity index (χ1v) is 8.96. The quantitative estimate of drug-likeness (QED) is 0.252. The molecule has 0 aliphatic rings. The second-order valence-corrected chi connectivity index (χ2v) is 6.98. The van der Waals surface area contributed by atoms with E-state index in [4.69, 9.17) is 10.8 Å². The van der Waals surface area contributed by atoms with E-state index in [-0.39, 0.29) is 18.4 Å². The SMILES string of the molecule is CCC(C)C(NC(=O)CNC(=O)C(N)C(C)C)C(=O)NC(C(=O)O)C(C)O. The molecule has 0 fully saturated rings. The summed E-state index contributed by atoms with van der Waals surface area (Å²) < 4.78 is 0. The number of nitrogens with one attached hydrogen (secondary N) is 3. The van der Waals surface area contributed by atoms with E-state index in [2.05, 4.69) is 16.0 Å². The van der Waals surface area contributed by atoms with E-state index in [1.54, 1.807) is 20.8 Å². The molecule has 0 aromatic rings. The predicted octanol–water partition coefficient (Wildman–Crippen LogP) is -1.43. The lowest BCUT2D eigenvalue weighted by molar-refractivity contribution is -0.145. The second-order valence-electron chi connectivity index (χ2n) is 6.98. The average molecular weight is 388 g/mol. The van der Waals surface area contributed by atoms with Crippen molar-refractivity contribution in [1.29, 1.82) is 0 Å². The molecule has 0 aromatic heterocycles. The van der Waals surface area contributed by atoms with Gasteiger partial charge in [0.15, 0.2) is 6.04 Å². The minimum absolute atomic E-state index is 0.0971. The highest BCUT2D eigenvalue weighted by atomic mass is 16.4. The van der Waals surface area contributed by atoms with Crippen LogP contribution in [0, 0.1) is 11.8 Å². The van der Waals surface area contributed by atoms with Crippen LogP contribution < -0.4 is 21.7 Å². The molecule has 0 spiro atoms. The van der Waals surface area contributed by atoms with Gasteiger partial charge in [0.05, 0.1) is 18.7 Å². The number of hydrogen-bond acceptors (Lipinski definition) is 6. The predicted molar refractivity (Wildman–Crippen MR) is 98.5 cm³/mol. The molecule has 0 bridgehead atoms. The zero-order chi connectivity index (χ0) is 21.3. The number of carbonyl (C=O) groups excluding carboxylic acids is 3. The van der Waals surface area contributed by atoms with Crippen LogP contribution in [0.4, 0.5) is 0 Å². The number of aliphatic carboxylic acids is 1. The van der Waals surface area contributed by atoms with Crippen molar-refractivity contribution in [1.82, 2.24) is 16.0 Å². The minimum atomic E-state index is -1.50. The van der Waals surface area contributed by atoms with E-state index in [9.17, 15) is 24.3 Å². The standard InChI is InChI=1S/C17H32N4O6/c1-6-9(4)13(16(25)21-14(10(5)22)17(26)27)20-11(23)7-19-15(24)12(18)8(2)3/h8-10,12-14,22H,6-7,18H2,1-5H3,(H,19,24)(H,20,23)(H,21,25)(H,26,27). The van der Waals surface area contributed by atoms with Crippen molar-refractivity contribution >= 4 is 23.7 Å². The van der Waals surface area contributed by atoms with Gasteiger partial charge in [0, 0.05) is 0 Å². The Morgan fingerprint density at radius 2 is 1.52 bits per heavy atom. The number of carboxylic acid groups (broad SMARTS) is 1. The molecule has 0 rings (SSSR count). The van der Waals surface area contributed by atoms with E-state index in [1.807, 2.05) is 6.92 Å². The summed E-state index contributed by atoms with van der Waals surface area (Å²) in [6.07, 6.45) is -0.772. The number of hydrogen-bond donors (Lipinski definition) is 6. The van der Waals surface area contributed by atoms with Gasteiger partial charge < -0.3 is 31.9 Å². The smallest absolute Gasteiger partial charge is 0.328 e. The largest absolute Gasteiger partial charge is 0.480 e. The lowest BCUT2D eigenvalue weighted by Crippen LogP contribution is -2.57. The van der Waals surface area contributed by atoms with Gasteiger partial charge in [0.25, 0.3) is 0 Å². The third kappa shape index (κ3) is 8.35. The number of aliphatic hydroxyl groups is 1. The van der Waals surface area contributed by atoms with Gasteiger partial charge in [-0.2, -0.15) is 0 Å². The fraction of sp³-hybridized carbons (Fsp3) is 0.765. The summed E-state index contributed by atoms with van der Waals surface area (Å²) in [5.74, 6) is -3.60. The van der Waals surface area contributed by atoms with Crippen LogP contribution in [0.2, 0.25) is 0 Å². The topological polar surface area (TPSA) is 171 Å². The van der Waals surface area contributed by atoms with Crippen LogP contribution in [0.1, 0.15) is 41.0 Å². The van der Waals surface area contributed by atoms with Crippen molar-refractivity contribution in [2.24, 2.45) is 17.6 Å². The first kappa shape index (κ1) is 24.8. The summed E-state index contributed by atoms with van der Waals surface area (Å²) in [7, 11) is 0. The molecule has 10 heteroatoms. The van der Waals surface area contributed by atoms with Gasteiger partial charge in [0.1, 0.15) is 6.04 Å².